The average molecular weight is 285 g/mol. The summed E-state index contributed by atoms with van der Waals surface area (Å²) in [6, 6.07) is 7.34. The van der Waals surface area contributed by atoms with Gasteiger partial charge >= 0.3 is 0 Å². The highest BCUT2D eigenvalue weighted by Crippen LogP contribution is 2.41. The summed E-state index contributed by atoms with van der Waals surface area (Å²) in [5.74, 6) is 2.13. The Morgan fingerprint density at radius 3 is 2.90 bits per heavy atom. The number of rotatable bonds is 3. The van der Waals surface area contributed by atoms with Gasteiger partial charge in [0.25, 0.3) is 0 Å². The maximum Gasteiger partial charge on any atom is 0.127 e. The second kappa shape index (κ2) is 5.34. The molecule has 1 saturated heterocycles. The van der Waals surface area contributed by atoms with Crippen LogP contribution in [0.3, 0.4) is 0 Å². The molecular formula is C17H23N3O. The van der Waals surface area contributed by atoms with Crippen LogP contribution < -0.4 is 10.1 Å². The molecule has 112 valence electrons. The highest BCUT2D eigenvalue weighted by Gasteiger charge is 2.31. The quantitative estimate of drug-likeness (QED) is 0.936. The molecule has 1 saturated carbocycles. The average Bonchev–Trinajstić information content (AvgIpc) is 3.31. The summed E-state index contributed by atoms with van der Waals surface area (Å²) < 4.78 is 7.83. The van der Waals surface area contributed by atoms with Crippen molar-refractivity contribution in [3.63, 3.8) is 0 Å². The Kier molecular flexibility index (Phi) is 3.34. The van der Waals surface area contributed by atoms with E-state index in [2.05, 4.69) is 22.0 Å². The van der Waals surface area contributed by atoms with Gasteiger partial charge in [0.2, 0.25) is 0 Å². The summed E-state index contributed by atoms with van der Waals surface area (Å²) in [6.45, 7) is 1.11. The smallest absolute Gasteiger partial charge is 0.127 e. The van der Waals surface area contributed by atoms with Crippen molar-refractivity contribution in [1.82, 2.24) is 14.9 Å². The van der Waals surface area contributed by atoms with Crippen LogP contribution >= 0.6 is 0 Å². The lowest BCUT2D eigenvalue weighted by Gasteiger charge is -2.17. The highest BCUT2D eigenvalue weighted by molar-refractivity contribution is 5.78. The molecular weight excluding hydrogens is 262 g/mol. The Morgan fingerprint density at radius 2 is 2.10 bits per heavy atom. The van der Waals surface area contributed by atoms with Gasteiger partial charge in [-0.2, -0.15) is 0 Å². The van der Waals surface area contributed by atoms with E-state index in [1.807, 2.05) is 6.07 Å². The molecule has 1 aromatic carbocycles. The van der Waals surface area contributed by atoms with Crippen LogP contribution in [0, 0.1) is 0 Å². The number of methoxy groups -OCH3 is 1. The van der Waals surface area contributed by atoms with Crippen molar-refractivity contribution in [1.29, 1.82) is 0 Å². The van der Waals surface area contributed by atoms with Gasteiger partial charge in [0, 0.05) is 12.1 Å². The van der Waals surface area contributed by atoms with Crippen LogP contribution in [0.1, 0.15) is 56.4 Å². The van der Waals surface area contributed by atoms with E-state index in [9.17, 15) is 0 Å². The van der Waals surface area contributed by atoms with Crippen LogP contribution in [0.2, 0.25) is 0 Å². The summed E-state index contributed by atoms with van der Waals surface area (Å²) in [5.41, 5.74) is 2.33. The SMILES string of the molecule is COc1ccc2c(c1)nc(C1CCCCCN1)n2C1CC1. The van der Waals surface area contributed by atoms with Crippen LogP contribution in [0.5, 0.6) is 5.75 Å². The Balaban J connectivity index is 1.80. The zero-order valence-electron chi connectivity index (χ0n) is 12.6. The molecule has 4 heteroatoms. The number of aromatic nitrogens is 2. The minimum absolute atomic E-state index is 0.409. The van der Waals surface area contributed by atoms with Crippen LogP contribution in [-0.2, 0) is 0 Å². The van der Waals surface area contributed by atoms with Gasteiger partial charge in [-0.1, -0.05) is 12.8 Å². The van der Waals surface area contributed by atoms with E-state index >= 15 is 0 Å². The summed E-state index contributed by atoms with van der Waals surface area (Å²) in [7, 11) is 1.72. The molecule has 0 amide bonds. The van der Waals surface area contributed by atoms with E-state index < -0.39 is 0 Å². The van der Waals surface area contributed by atoms with Gasteiger partial charge < -0.3 is 14.6 Å². The van der Waals surface area contributed by atoms with E-state index in [1.54, 1.807) is 7.11 Å². The summed E-state index contributed by atoms with van der Waals surface area (Å²) in [4.78, 5) is 4.97. The van der Waals surface area contributed by atoms with Crippen molar-refractivity contribution in [2.75, 3.05) is 13.7 Å². The number of hydrogen-bond donors (Lipinski definition) is 1. The van der Waals surface area contributed by atoms with Gasteiger partial charge in [0.05, 0.1) is 24.2 Å². The van der Waals surface area contributed by atoms with E-state index in [-0.39, 0.29) is 0 Å². The Hall–Kier alpha value is -1.55. The zero-order chi connectivity index (χ0) is 14.2. The largest absolute Gasteiger partial charge is 0.497 e. The first-order valence-corrected chi connectivity index (χ1v) is 8.16. The van der Waals surface area contributed by atoms with Crippen LogP contribution in [-0.4, -0.2) is 23.2 Å². The molecule has 1 N–H and O–H groups in total. The normalized spacial score (nSPS) is 23.2. The molecule has 1 unspecified atom stereocenters. The molecule has 21 heavy (non-hydrogen) atoms. The van der Waals surface area contributed by atoms with E-state index in [4.69, 9.17) is 9.72 Å². The lowest BCUT2D eigenvalue weighted by molar-refractivity contribution is 0.415. The number of nitrogens with one attached hydrogen (secondary N) is 1. The van der Waals surface area contributed by atoms with Crippen molar-refractivity contribution < 1.29 is 4.74 Å². The summed E-state index contributed by atoms with van der Waals surface area (Å²) in [5, 5.41) is 3.70. The first kappa shape index (κ1) is 13.1. The maximum atomic E-state index is 5.35. The van der Waals surface area contributed by atoms with E-state index in [1.165, 1.54) is 49.9 Å². The fraction of sp³-hybridized carbons (Fsp3) is 0.588. The monoisotopic (exact) mass is 285 g/mol. The zero-order valence-corrected chi connectivity index (χ0v) is 12.6. The summed E-state index contributed by atoms with van der Waals surface area (Å²) >= 11 is 0. The number of imidazole rings is 1. The van der Waals surface area contributed by atoms with Gasteiger partial charge in [0.1, 0.15) is 11.6 Å². The molecule has 1 aliphatic heterocycles. The van der Waals surface area contributed by atoms with Gasteiger partial charge in [-0.3, -0.25) is 0 Å². The first-order chi connectivity index (χ1) is 10.4. The lowest BCUT2D eigenvalue weighted by atomic mass is 10.1. The molecule has 2 aliphatic rings. The molecule has 0 bridgehead atoms. The number of hydrogen-bond acceptors (Lipinski definition) is 3. The molecule has 2 heterocycles. The van der Waals surface area contributed by atoms with Crippen molar-refractivity contribution in [2.24, 2.45) is 0 Å². The molecule has 1 atom stereocenters. The van der Waals surface area contributed by atoms with E-state index in [0.29, 0.717) is 12.1 Å². The molecule has 2 aromatic rings. The number of fused-ring (bicyclic) bond motifs is 1. The van der Waals surface area contributed by atoms with Crippen molar-refractivity contribution in [2.45, 2.75) is 50.6 Å². The van der Waals surface area contributed by atoms with Crippen molar-refractivity contribution in [3.8, 4) is 5.75 Å². The third-order valence-corrected chi connectivity index (χ3v) is 4.71. The molecule has 4 rings (SSSR count). The van der Waals surface area contributed by atoms with E-state index in [0.717, 1.165) is 17.8 Å². The van der Waals surface area contributed by atoms with Gasteiger partial charge in [-0.25, -0.2) is 4.98 Å². The number of benzene rings is 1. The Labute approximate surface area is 125 Å². The minimum atomic E-state index is 0.409. The standard InChI is InChI=1S/C17H23N3O/c1-21-13-8-9-16-15(11-13)19-17(20(16)12-6-7-12)14-5-3-2-4-10-18-14/h8-9,11-12,14,18H,2-7,10H2,1H3. The van der Waals surface area contributed by atoms with Crippen LogP contribution in [0.25, 0.3) is 11.0 Å². The predicted molar refractivity (Wildman–Crippen MR) is 83.8 cm³/mol. The molecule has 2 fully saturated rings. The molecule has 0 radical (unpaired) electrons. The highest BCUT2D eigenvalue weighted by atomic mass is 16.5. The van der Waals surface area contributed by atoms with Crippen LogP contribution in [0.4, 0.5) is 0 Å². The molecule has 1 aromatic heterocycles. The Bertz CT molecular complexity index is 637. The predicted octanol–water partition coefficient (Wildman–Crippen LogP) is 3.58. The third-order valence-electron chi connectivity index (χ3n) is 4.71. The maximum absolute atomic E-state index is 5.35. The molecule has 4 nitrogen and oxygen atoms in total. The lowest BCUT2D eigenvalue weighted by Crippen LogP contribution is -2.23. The van der Waals surface area contributed by atoms with Gasteiger partial charge in [-0.05, 0) is 44.4 Å². The fourth-order valence-corrected chi connectivity index (χ4v) is 3.44. The number of nitrogens with zero attached hydrogens (tertiary/aromatic N) is 2. The van der Waals surface area contributed by atoms with Gasteiger partial charge in [-0.15, -0.1) is 0 Å². The molecule has 0 spiro atoms. The first-order valence-electron chi connectivity index (χ1n) is 8.16. The van der Waals surface area contributed by atoms with Crippen LogP contribution in [0.15, 0.2) is 18.2 Å². The second-order valence-electron chi connectivity index (χ2n) is 6.28. The Morgan fingerprint density at radius 1 is 1.19 bits per heavy atom. The van der Waals surface area contributed by atoms with Crippen molar-refractivity contribution in [3.05, 3.63) is 24.0 Å². The second-order valence-corrected chi connectivity index (χ2v) is 6.28. The molecule has 1 aliphatic carbocycles. The fourth-order valence-electron chi connectivity index (χ4n) is 3.44. The summed E-state index contributed by atoms with van der Waals surface area (Å²) in [6.07, 6.45) is 7.70. The number of ether oxygens (including phenoxy) is 1. The topological polar surface area (TPSA) is 39.1 Å². The van der Waals surface area contributed by atoms with Crippen molar-refractivity contribution >= 4 is 11.0 Å². The van der Waals surface area contributed by atoms with Gasteiger partial charge in [0.15, 0.2) is 0 Å². The minimum Gasteiger partial charge on any atom is -0.497 e. The third kappa shape index (κ3) is 2.42.